The number of aromatic nitrogens is 1. The maximum Gasteiger partial charge on any atom is 0.152 e. The number of carbonyl (C=O) groups excluding carboxylic acids is 1. The Hall–Kier alpha value is -2.50. The first-order valence-electron chi connectivity index (χ1n) is 6.40. The minimum absolute atomic E-state index is 0.289. The predicted octanol–water partition coefficient (Wildman–Crippen LogP) is 2.87. The van der Waals surface area contributed by atoms with Gasteiger partial charge in [0.25, 0.3) is 0 Å². The van der Waals surface area contributed by atoms with Gasteiger partial charge in [-0.25, -0.2) is 4.39 Å². The summed E-state index contributed by atoms with van der Waals surface area (Å²) in [5, 5.41) is 0.881. The summed E-state index contributed by atoms with van der Waals surface area (Å²) in [5.41, 5.74) is 5.29. The van der Waals surface area contributed by atoms with E-state index in [-0.39, 0.29) is 5.82 Å². The van der Waals surface area contributed by atoms with Crippen molar-refractivity contribution in [2.45, 2.75) is 0 Å². The molecular weight excluding hydrogens is 269 g/mol. The molecule has 3 aromatic rings. The summed E-state index contributed by atoms with van der Waals surface area (Å²) in [6.07, 6.45) is 0.831. The molecule has 0 bridgehead atoms. The van der Waals surface area contributed by atoms with E-state index in [0.717, 1.165) is 28.4 Å². The molecule has 108 valence electrons. The van der Waals surface area contributed by atoms with Crippen molar-refractivity contribution in [3.8, 4) is 11.3 Å². The summed E-state index contributed by atoms with van der Waals surface area (Å²) in [5.74, 6) is 4.31. The number of hydrazine groups is 1. The van der Waals surface area contributed by atoms with E-state index < -0.39 is 0 Å². The fraction of sp³-hybridized carbons (Fsp3) is 0.0625. The zero-order valence-electron chi connectivity index (χ0n) is 11.6. The van der Waals surface area contributed by atoms with Gasteiger partial charge in [-0.1, -0.05) is 18.2 Å². The monoisotopic (exact) mass is 285 g/mol. The van der Waals surface area contributed by atoms with E-state index in [4.69, 9.17) is 0 Å². The number of hydrogen-bond donors (Lipinski definition) is 3. The van der Waals surface area contributed by atoms with Crippen molar-refractivity contribution in [2.75, 3.05) is 7.05 Å². The fourth-order valence-corrected chi connectivity index (χ4v) is 2.13. The highest BCUT2D eigenvalue weighted by atomic mass is 19.1. The zero-order valence-corrected chi connectivity index (χ0v) is 11.6. The first-order chi connectivity index (χ1) is 10.2. The predicted molar refractivity (Wildman–Crippen MR) is 82.3 cm³/mol. The smallest absolute Gasteiger partial charge is 0.152 e. The summed E-state index contributed by atoms with van der Waals surface area (Å²) in [6.45, 7) is 0. The van der Waals surface area contributed by atoms with Crippen molar-refractivity contribution in [1.82, 2.24) is 10.4 Å². The molecule has 0 fully saturated rings. The second-order valence-corrected chi connectivity index (χ2v) is 4.37. The summed E-state index contributed by atoms with van der Waals surface area (Å²) < 4.78 is 12.9. The van der Waals surface area contributed by atoms with Crippen LogP contribution >= 0.6 is 0 Å². The van der Waals surface area contributed by atoms with E-state index in [1.165, 1.54) is 12.1 Å². The fourth-order valence-electron chi connectivity index (χ4n) is 2.13. The number of aldehydes is 1. The third kappa shape index (κ3) is 3.16. The molecule has 4 nitrogen and oxygen atoms in total. The number of benzene rings is 2. The second-order valence-electron chi connectivity index (χ2n) is 4.37. The van der Waals surface area contributed by atoms with E-state index in [2.05, 4.69) is 16.3 Å². The lowest BCUT2D eigenvalue weighted by atomic mass is 10.1. The molecule has 0 aliphatic heterocycles. The molecule has 0 amide bonds. The topological polar surface area (TPSA) is 70.9 Å². The quantitative estimate of drug-likeness (QED) is 0.385. The van der Waals surface area contributed by atoms with Crippen LogP contribution in [0.15, 0.2) is 48.5 Å². The van der Waals surface area contributed by atoms with E-state index in [9.17, 15) is 9.18 Å². The molecule has 4 N–H and O–H groups in total. The van der Waals surface area contributed by atoms with E-state index in [0.29, 0.717) is 5.56 Å². The lowest BCUT2D eigenvalue weighted by Crippen LogP contribution is -2.13. The molecule has 3 rings (SSSR count). The lowest BCUT2D eigenvalue weighted by molar-refractivity contribution is 0.112. The molecule has 0 radical (unpaired) electrons. The van der Waals surface area contributed by atoms with Crippen LogP contribution in [-0.2, 0) is 0 Å². The van der Waals surface area contributed by atoms with Crippen molar-refractivity contribution < 1.29 is 9.18 Å². The first kappa shape index (κ1) is 14.9. The van der Waals surface area contributed by atoms with Gasteiger partial charge in [0.05, 0.1) is 5.69 Å². The minimum atomic E-state index is -0.289. The van der Waals surface area contributed by atoms with E-state index in [1.807, 2.05) is 24.3 Å². The van der Waals surface area contributed by atoms with Crippen LogP contribution in [-0.4, -0.2) is 18.3 Å². The number of rotatable bonds is 2. The van der Waals surface area contributed by atoms with Crippen LogP contribution < -0.4 is 11.3 Å². The Labute approximate surface area is 121 Å². The average molecular weight is 285 g/mol. The Morgan fingerprint density at radius 1 is 1.14 bits per heavy atom. The third-order valence-corrected chi connectivity index (χ3v) is 3.00. The molecule has 2 aromatic carbocycles. The summed E-state index contributed by atoms with van der Waals surface area (Å²) in [6, 6.07) is 13.7. The molecule has 0 aliphatic carbocycles. The zero-order chi connectivity index (χ0) is 15.2. The van der Waals surface area contributed by atoms with Crippen LogP contribution in [0.2, 0.25) is 0 Å². The van der Waals surface area contributed by atoms with Crippen LogP contribution in [0.3, 0.4) is 0 Å². The normalized spacial score (nSPS) is 10.0. The average Bonchev–Trinajstić information content (AvgIpc) is 2.87. The molecule has 5 heteroatoms. The Kier molecular flexibility index (Phi) is 4.81. The number of aromatic amines is 1. The summed E-state index contributed by atoms with van der Waals surface area (Å²) >= 11 is 0. The first-order valence-corrected chi connectivity index (χ1v) is 6.40. The van der Waals surface area contributed by atoms with Gasteiger partial charge in [0, 0.05) is 16.5 Å². The Morgan fingerprint density at radius 2 is 1.76 bits per heavy atom. The summed E-state index contributed by atoms with van der Waals surface area (Å²) in [4.78, 5) is 14.4. The molecule has 1 heterocycles. The molecule has 0 unspecified atom stereocenters. The standard InChI is InChI=1S/C15H10FNO.CH6N2/c16-11-7-5-10(6-8-11)15-13(9-18)12-3-1-2-4-14(12)17-15;1-3-2/h1-9,17H;3H,2H2,1H3. The molecular formula is C16H16FN3O. The number of para-hydroxylation sites is 1. The van der Waals surface area contributed by atoms with Gasteiger partial charge in [-0.15, -0.1) is 0 Å². The van der Waals surface area contributed by atoms with Crippen molar-refractivity contribution in [2.24, 2.45) is 5.84 Å². The maximum atomic E-state index is 12.9. The largest absolute Gasteiger partial charge is 0.354 e. The lowest BCUT2D eigenvalue weighted by Gasteiger charge is -1.99. The Bertz CT molecular complexity index is 735. The molecule has 0 atom stereocenters. The SMILES string of the molecule is CNN.O=Cc1c(-c2ccc(F)cc2)[nH]c2ccccc12. The Morgan fingerprint density at radius 3 is 2.38 bits per heavy atom. The molecule has 0 spiro atoms. The van der Waals surface area contributed by atoms with Gasteiger partial charge in [-0.3, -0.25) is 16.1 Å². The van der Waals surface area contributed by atoms with Crippen LogP contribution in [0.1, 0.15) is 10.4 Å². The number of H-pyrrole nitrogens is 1. The molecule has 0 aliphatic rings. The third-order valence-electron chi connectivity index (χ3n) is 3.00. The molecule has 21 heavy (non-hydrogen) atoms. The van der Waals surface area contributed by atoms with Gasteiger partial charge in [-0.2, -0.15) is 0 Å². The second kappa shape index (κ2) is 6.78. The van der Waals surface area contributed by atoms with Gasteiger partial charge >= 0.3 is 0 Å². The van der Waals surface area contributed by atoms with Crippen LogP contribution in [0, 0.1) is 5.82 Å². The van der Waals surface area contributed by atoms with Gasteiger partial charge in [0.2, 0.25) is 0 Å². The molecule has 0 saturated heterocycles. The number of fused-ring (bicyclic) bond motifs is 1. The van der Waals surface area contributed by atoms with Gasteiger partial charge in [-0.05, 0) is 42.9 Å². The maximum absolute atomic E-state index is 12.9. The highest BCUT2D eigenvalue weighted by molar-refractivity contribution is 6.04. The number of hydrogen-bond acceptors (Lipinski definition) is 3. The molecule has 0 saturated carbocycles. The van der Waals surface area contributed by atoms with Crippen molar-refractivity contribution in [3.63, 3.8) is 0 Å². The highest BCUT2D eigenvalue weighted by Crippen LogP contribution is 2.28. The van der Waals surface area contributed by atoms with Gasteiger partial charge in [0.15, 0.2) is 6.29 Å². The van der Waals surface area contributed by atoms with E-state index in [1.54, 1.807) is 19.2 Å². The Balaban J connectivity index is 0.000000497. The molecule has 1 aromatic heterocycles. The van der Waals surface area contributed by atoms with Gasteiger partial charge in [0.1, 0.15) is 5.82 Å². The highest BCUT2D eigenvalue weighted by Gasteiger charge is 2.11. The van der Waals surface area contributed by atoms with Gasteiger partial charge < -0.3 is 4.98 Å². The van der Waals surface area contributed by atoms with Crippen LogP contribution in [0.5, 0.6) is 0 Å². The van der Waals surface area contributed by atoms with E-state index >= 15 is 0 Å². The van der Waals surface area contributed by atoms with Crippen molar-refractivity contribution >= 4 is 17.2 Å². The number of carbonyl (C=O) groups is 1. The minimum Gasteiger partial charge on any atom is -0.354 e. The van der Waals surface area contributed by atoms with Crippen molar-refractivity contribution in [3.05, 3.63) is 59.9 Å². The van der Waals surface area contributed by atoms with Crippen LogP contribution in [0.25, 0.3) is 22.2 Å². The number of nitrogens with one attached hydrogen (secondary N) is 2. The number of nitrogens with two attached hydrogens (primary N) is 1. The number of halogens is 1. The van der Waals surface area contributed by atoms with Crippen LogP contribution in [0.4, 0.5) is 4.39 Å². The van der Waals surface area contributed by atoms with Crippen molar-refractivity contribution in [1.29, 1.82) is 0 Å². The summed E-state index contributed by atoms with van der Waals surface area (Å²) in [7, 11) is 1.65.